The third-order valence-electron chi connectivity index (χ3n) is 2.26. The standard InChI is InChI=1S/C11H18ClN3O3/c1-7(2)5-15-11(18)10(12)9(4-14-15)13-3-8(17)6-16/h4,7-8,13,16-17H,3,5-6H2,1-2H3. The number of aliphatic hydroxyl groups excluding tert-OH is 2. The second-order valence-electron chi connectivity index (χ2n) is 4.47. The van der Waals surface area contributed by atoms with E-state index in [1.54, 1.807) is 0 Å². The molecule has 0 fully saturated rings. The lowest BCUT2D eigenvalue weighted by Crippen LogP contribution is -2.28. The third-order valence-corrected chi connectivity index (χ3v) is 2.63. The molecule has 0 bridgehead atoms. The van der Waals surface area contributed by atoms with Gasteiger partial charge in [0.2, 0.25) is 0 Å². The fraction of sp³-hybridized carbons (Fsp3) is 0.636. The summed E-state index contributed by atoms with van der Waals surface area (Å²) in [7, 11) is 0. The molecule has 0 amide bonds. The molecule has 0 aromatic carbocycles. The first-order valence-electron chi connectivity index (χ1n) is 5.74. The topological polar surface area (TPSA) is 87.4 Å². The van der Waals surface area contributed by atoms with Crippen molar-refractivity contribution in [2.24, 2.45) is 5.92 Å². The molecule has 0 spiro atoms. The largest absolute Gasteiger partial charge is 0.394 e. The zero-order chi connectivity index (χ0) is 13.7. The van der Waals surface area contributed by atoms with Crippen molar-refractivity contribution >= 4 is 17.3 Å². The highest BCUT2D eigenvalue weighted by Crippen LogP contribution is 2.15. The molecule has 1 rings (SSSR count). The van der Waals surface area contributed by atoms with Crippen LogP contribution in [0, 0.1) is 5.92 Å². The Morgan fingerprint density at radius 3 is 2.78 bits per heavy atom. The third kappa shape index (κ3) is 3.97. The number of aromatic nitrogens is 2. The molecule has 7 heteroatoms. The summed E-state index contributed by atoms with van der Waals surface area (Å²) in [5.74, 6) is 0.293. The fourth-order valence-electron chi connectivity index (χ4n) is 1.36. The molecule has 0 aliphatic carbocycles. The maximum atomic E-state index is 11.9. The molecule has 1 aromatic rings. The average Bonchev–Trinajstić information content (AvgIpc) is 2.33. The molecule has 0 aliphatic rings. The van der Waals surface area contributed by atoms with E-state index in [1.807, 2.05) is 13.8 Å². The molecule has 1 atom stereocenters. The lowest BCUT2D eigenvalue weighted by molar-refractivity contribution is 0.105. The summed E-state index contributed by atoms with van der Waals surface area (Å²) in [6, 6.07) is 0. The summed E-state index contributed by atoms with van der Waals surface area (Å²) in [5.41, 5.74) is -0.0111. The van der Waals surface area contributed by atoms with Crippen molar-refractivity contribution < 1.29 is 10.2 Å². The highest BCUT2D eigenvalue weighted by molar-refractivity contribution is 6.32. The summed E-state index contributed by atoms with van der Waals surface area (Å²) in [6.07, 6.45) is 0.537. The van der Waals surface area contributed by atoms with Crippen molar-refractivity contribution in [1.29, 1.82) is 0 Å². The normalized spacial score (nSPS) is 12.8. The van der Waals surface area contributed by atoms with Crippen molar-refractivity contribution in [3.63, 3.8) is 0 Å². The zero-order valence-electron chi connectivity index (χ0n) is 10.4. The van der Waals surface area contributed by atoms with Crippen LogP contribution in [0.15, 0.2) is 11.0 Å². The number of nitrogens with zero attached hydrogens (tertiary/aromatic N) is 2. The van der Waals surface area contributed by atoms with Crippen molar-refractivity contribution in [2.45, 2.75) is 26.5 Å². The van der Waals surface area contributed by atoms with Gasteiger partial charge in [-0.1, -0.05) is 25.4 Å². The SMILES string of the molecule is CC(C)Cn1ncc(NCC(O)CO)c(Cl)c1=O. The van der Waals surface area contributed by atoms with Gasteiger partial charge in [0, 0.05) is 13.1 Å². The van der Waals surface area contributed by atoms with Crippen LogP contribution in [0.3, 0.4) is 0 Å². The van der Waals surface area contributed by atoms with E-state index in [0.717, 1.165) is 0 Å². The second kappa shape index (κ2) is 6.72. The average molecular weight is 276 g/mol. The first-order chi connectivity index (χ1) is 8.45. The van der Waals surface area contributed by atoms with E-state index in [-0.39, 0.29) is 23.7 Å². The molecule has 3 N–H and O–H groups in total. The fourth-order valence-corrected chi connectivity index (χ4v) is 1.57. The van der Waals surface area contributed by atoms with Crippen LogP contribution in [0.25, 0.3) is 0 Å². The molecule has 6 nitrogen and oxygen atoms in total. The maximum Gasteiger partial charge on any atom is 0.287 e. The highest BCUT2D eigenvalue weighted by Gasteiger charge is 2.11. The Morgan fingerprint density at radius 1 is 1.56 bits per heavy atom. The maximum absolute atomic E-state index is 11.9. The van der Waals surface area contributed by atoms with Gasteiger partial charge in [-0.15, -0.1) is 0 Å². The predicted molar refractivity (Wildman–Crippen MR) is 69.9 cm³/mol. The molecule has 1 aromatic heterocycles. The minimum absolute atomic E-state index is 0.0378. The summed E-state index contributed by atoms with van der Waals surface area (Å²) in [4.78, 5) is 11.9. The number of rotatable bonds is 6. The molecule has 0 aliphatic heterocycles. The molecule has 0 saturated carbocycles. The van der Waals surface area contributed by atoms with Crippen molar-refractivity contribution in [3.8, 4) is 0 Å². The molecule has 0 saturated heterocycles. The predicted octanol–water partition coefficient (Wildman–Crippen LogP) is 0.318. The first kappa shape index (κ1) is 14.9. The summed E-state index contributed by atoms with van der Waals surface area (Å²) in [5, 5.41) is 24.7. The number of aliphatic hydroxyl groups is 2. The van der Waals surface area contributed by atoms with Gasteiger partial charge in [-0.25, -0.2) is 4.68 Å². The smallest absolute Gasteiger partial charge is 0.287 e. The van der Waals surface area contributed by atoms with Gasteiger partial charge in [-0.2, -0.15) is 5.10 Å². The number of halogens is 1. The minimum Gasteiger partial charge on any atom is -0.394 e. The van der Waals surface area contributed by atoms with Gasteiger partial charge < -0.3 is 15.5 Å². The summed E-state index contributed by atoms with van der Waals surface area (Å²) in [6.45, 7) is 4.20. The van der Waals surface area contributed by atoms with Crippen LogP contribution in [0.4, 0.5) is 5.69 Å². The van der Waals surface area contributed by atoms with Crippen LogP contribution in [0.1, 0.15) is 13.8 Å². The molecule has 18 heavy (non-hydrogen) atoms. The molecule has 0 radical (unpaired) electrons. The van der Waals surface area contributed by atoms with E-state index < -0.39 is 6.10 Å². The quantitative estimate of drug-likeness (QED) is 0.696. The number of nitrogens with one attached hydrogen (secondary N) is 1. The van der Waals surface area contributed by atoms with Crippen LogP contribution >= 0.6 is 11.6 Å². The van der Waals surface area contributed by atoms with Crippen LogP contribution in [0.2, 0.25) is 5.02 Å². The molecular formula is C11H18ClN3O3. The minimum atomic E-state index is -0.904. The van der Waals surface area contributed by atoms with Gasteiger partial charge in [0.1, 0.15) is 5.02 Å². The number of hydrogen-bond acceptors (Lipinski definition) is 5. The Bertz CT molecular complexity index is 448. The van der Waals surface area contributed by atoms with Crippen molar-refractivity contribution in [1.82, 2.24) is 9.78 Å². The zero-order valence-corrected chi connectivity index (χ0v) is 11.2. The molecule has 1 heterocycles. The summed E-state index contributed by atoms with van der Waals surface area (Å²) >= 11 is 5.93. The van der Waals surface area contributed by atoms with E-state index in [2.05, 4.69) is 10.4 Å². The lowest BCUT2D eigenvalue weighted by Gasteiger charge is -2.13. The van der Waals surface area contributed by atoms with E-state index in [1.165, 1.54) is 10.9 Å². The van der Waals surface area contributed by atoms with E-state index in [9.17, 15) is 9.90 Å². The Hall–Kier alpha value is -1.11. The molecule has 1 unspecified atom stereocenters. The van der Waals surface area contributed by atoms with Gasteiger partial charge in [-0.3, -0.25) is 4.79 Å². The van der Waals surface area contributed by atoms with Crippen LogP contribution < -0.4 is 10.9 Å². The van der Waals surface area contributed by atoms with Crippen molar-refractivity contribution in [3.05, 3.63) is 21.6 Å². The van der Waals surface area contributed by atoms with Gasteiger partial charge in [0.15, 0.2) is 0 Å². The highest BCUT2D eigenvalue weighted by atomic mass is 35.5. The van der Waals surface area contributed by atoms with Gasteiger partial charge in [-0.05, 0) is 5.92 Å². The second-order valence-corrected chi connectivity index (χ2v) is 4.85. The van der Waals surface area contributed by atoms with Gasteiger partial charge in [0.05, 0.1) is 24.6 Å². The molecular weight excluding hydrogens is 258 g/mol. The number of anilines is 1. The van der Waals surface area contributed by atoms with Gasteiger partial charge in [0.25, 0.3) is 5.56 Å². The van der Waals surface area contributed by atoms with Crippen LogP contribution in [-0.2, 0) is 6.54 Å². The number of hydrogen-bond donors (Lipinski definition) is 3. The van der Waals surface area contributed by atoms with Crippen LogP contribution in [0.5, 0.6) is 0 Å². The van der Waals surface area contributed by atoms with Crippen LogP contribution in [-0.4, -0.2) is 39.2 Å². The van der Waals surface area contributed by atoms with E-state index in [4.69, 9.17) is 16.7 Å². The lowest BCUT2D eigenvalue weighted by atomic mass is 10.2. The van der Waals surface area contributed by atoms with E-state index in [0.29, 0.717) is 18.2 Å². The first-order valence-corrected chi connectivity index (χ1v) is 6.12. The Morgan fingerprint density at radius 2 is 2.22 bits per heavy atom. The van der Waals surface area contributed by atoms with Crippen molar-refractivity contribution in [2.75, 3.05) is 18.5 Å². The Labute approximate surface area is 110 Å². The molecule has 102 valence electrons. The summed E-state index contributed by atoms with van der Waals surface area (Å²) < 4.78 is 1.31. The Kier molecular flexibility index (Phi) is 5.58. The van der Waals surface area contributed by atoms with E-state index >= 15 is 0 Å². The monoisotopic (exact) mass is 275 g/mol. The Balaban J connectivity index is 2.84. The van der Waals surface area contributed by atoms with Gasteiger partial charge >= 0.3 is 0 Å².